The Labute approximate surface area is 146 Å². The van der Waals surface area contributed by atoms with E-state index in [1.165, 1.54) is 6.39 Å². The van der Waals surface area contributed by atoms with Crippen molar-refractivity contribution < 1.29 is 4.42 Å². The predicted molar refractivity (Wildman–Crippen MR) is 94.8 cm³/mol. The third-order valence-corrected chi connectivity index (χ3v) is 4.87. The molecular weight excluding hydrogens is 316 g/mol. The van der Waals surface area contributed by atoms with Crippen LogP contribution in [0.15, 0.2) is 23.1 Å². The van der Waals surface area contributed by atoms with Gasteiger partial charge in [0.25, 0.3) is 5.89 Å². The Morgan fingerprint density at radius 2 is 2.24 bits per heavy atom. The van der Waals surface area contributed by atoms with E-state index in [0.29, 0.717) is 23.5 Å². The number of pyridine rings is 1. The van der Waals surface area contributed by atoms with Gasteiger partial charge in [-0.2, -0.15) is 0 Å². The minimum absolute atomic E-state index is 0.264. The maximum atomic E-state index is 6.25. The first-order chi connectivity index (χ1) is 12.1. The van der Waals surface area contributed by atoms with Crippen molar-refractivity contribution in [1.29, 1.82) is 0 Å². The van der Waals surface area contributed by atoms with Gasteiger partial charge in [0.2, 0.25) is 6.39 Å². The van der Waals surface area contributed by atoms with E-state index < -0.39 is 0 Å². The SMILES string of the molecule is CC(C)Cc1nc2cnc(-c3nnco3)cc2n1[C@@H]1CCC[C@H](N)C1. The third kappa shape index (κ3) is 3.16. The molecule has 0 amide bonds. The summed E-state index contributed by atoms with van der Waals surface area (Å²) in [6, 6.07) is 2.67. The molecule has 3 heterocycles. The Morgan fingerprint density at radius 3 is 2.96 bits per heavy atom. The van der Waals surface area contributed by atoms with Crippen LogP contribution in [0.4, 0.5) is 0 Å². The largest absolute Gasteiger partial charge is 0.422 e. The van der Waals surface area contributed by atoms with Crippen molar-refractivity contribution in [3.05, 3.63) is 24.5 Å². The second-order valence-corrected chi connectivity index (χ2v) is 7.38. The van der Waals surface area contributed by atoms with Crippen LogP contribution in [0.3, 0.4) is 0 Å². The number of fused-ring (bicyclic) bond motifs is 1. The molecule has 1 saturated carbocycles. The first-order valence-electron chi connectivity index (χ1n) is 9.00. The van der Waals surface area contributed by atoms with Crippen LogP contribution in [0.1, 0.15) is 51.4 Å². The Kier molecular flexibility index (Phi) is 4.25. The summed E-state index contributed by atoms with van der Waals surface area (Å²) in [5.74, 6) is 2.09. The number of nitrogens with two attached hydrogens (primary N) is 1. The van der Waals surface area contributed by atoms with Crippen LogP contribution in [-0.2, 0) is 6.42 Å². The van der Waals surface area contributed by atoms with Gasteiger partial charge in [-0.15, -0.1) is 10.2 Å². The zero-order valence-corrected chi connectivity index (χ0v) is 14.7. The average molecular weight is 340 g/mol. The van der Waals surface area contributed by atoms with Crippen LogP contribution in [0, 0.1) is 5.92 Å². The van der Waals surface area contributed by atoms with E-state index in [2.05, 4.69) is 33.6 Å². The lowest BCUT2D eigenvalue weighted by Crippen LogP contribution is -2.30. The molecule has 0 radical (unpaired) electrons. The highest BCUT2D eigenvalue weighted by Crippen LogP contribution is 2.33. The molecule has 2 N–H and O–H groups in total. The van der Waals surface area contributed by atoms with Crippen molar-refractivity contribution >= 4 is 11.0 Å². The van der Waals surface area contributed by atoms with Gasteiger partial charge in [-0.25, -0.2) is 9.97 Å². The second-order valence-electron chi connectivity index (χ2n) is 7.38. The van der Waals surface area contributed by atoms with Crippen LogP contribution < -0.4 is 5.73 Å². The number of hydrogen-bond acceptors (Lipinski definition) is 6. The maximum absolute atomic E-state index is 6.25. The van der Waals surface area contributed by atoms with Gasteiger partial charge >= 0.3 is 0 Å². The molecule has 1 fully saturated rings. The molecule has 1 aliphatic rings. The molecule has 0 saturated heterocycles. The first kappa shape index (κ1) is 16.2. The monoisotopic (exact) mass is 340 g/mol. The van der Waals surface area contributed by atoms with Crippen molar-refractivity contribution in [2.45, 2.75) is 58.0 Å². The van der Waals surface area contributed by atoms with E-state index in [1.54, 1.807) is 6.20 Å². The number of hydrogen-bond donors (Lipinski definition) is 1. The minimum atomic E-state index is 0.264. The van der Waals surface area contributed by atoms with E-state index in [1.807, 2.05) is 6.07 Å². The van der Waals surface area contributed by atoms with Crippen LogP contribution in [0.5, 0.6) is 0 Å². The van der Waals surface area contributed by atoms with Gasteiger partial charge in [0.1, 0.15) is 17.0 Å². The molecule has 25 heavy (non-hydrogen) atoms. The highest BCUT2D eigenvalue weighted by Gasteiger charge is 2.25. The number of nitrogens with zero attached hydrogens (tertiary/aromatic N) is 5. The quantitative estimate of drug-likeness (QED) is 0.784. The average Bonchev–Trinajstić information content (AvgIpc) is 3.21. The van der Waals surface area contributed by atoms with Crippen molar-refractivity contribution in [3.8, 4) is 11.6 Å². The highest BCUT2D eigenvalue weighted by molar-refractivity contribution is 5.78. The molecule has 3 aromatic rings. The summed E-state index contributed by atoms with van der Waals surface area (Å²) in [6.45, 7) is 4.44. The summed E-state index contributed by atoms with van der Waals surface area (Å²) in [6.07, 6.45) is 8.47. The van der Waals surface area contributed by atoms with E-state index >= 15 is 0 Å². The minimum Gasteiger partial charge on any atom is -0.422 e. The Balaban J connectivity index is 1.84. The maximum Gasteiger partial charge on any atom is 0.266 e. The number of imidazole rings is 1. The van der Waals surface area contributed by atoms with Gasteiger partial charge in [-0.05, 0) is 37.7 Å². The molecule has 7 heteroatoms. The van der Waals surface area contributed by atoms with Crippen molar-refractivity contribution in [2.75, 3.05) is 0 Å². The fourth-order valence-electron chi connectivity index (χ4n) is 3.80. The van der Waals surface area contributed by atoms with Gasteiger partial charge in [0.15, 0.2) is 0 Å². The molecular formula is C18H24N6O. The second kappa shape index (κ2) is 6.55. The Bertz CT molecular complexity index is 854. The fourth-order valence-corrected chi connectivity index (χ4v) is 3.80. The predicted octanol–water partition coefficient (Wildman–Crippen LogP) is 3.12. The third-order valence-electron chi connectivity index (χ3n) is 4.87. The molecule has 3 aromatic heterocycles. The molecule has 0 aliphatic heterocycles. The number of aromatic nitrogens is 5. The van der Waals surface area contributed by atoms with E-state index in [4.69, 9.17) is 15.1 Å². The molecule has 0 aromatic carbocycles. The van der Waals surface area contributed by atoms with Crippen molar-refractivity contribution in [1.82, 2.24) is 24.7 Å². The molecule has 0 spiro atoms. The summed E-state index contributed by atoms with van der Waals surface area (Å²) in [4.78, 5) is 9.31. The summed E-state index contributed by atoms with van der Waals surface area (Å²) in [5.41, 5.74) is 8.93. The van der Waals surface area contributed by atoms with Crippen LogP contribution >= 0.6 is 0 Å². The zero-order chi connectivity index (χ0) is 17.4. The van der Waals surface area contributed by atoms with Gasteiger partial charge < -0.3 is 14.7 Å². The Morgan fingerprint density at radius 1 is 1.36 bits per heavy atom. The standard InChI is InChI=1S/C18H24N6O/c1-11(2)6-17-22-15-9-20-14(18-23-21-10-25-18)8-16(15)24(17)13-5-3-4-12(19)7-13/h8-13H,3-7,19H2,1-2H3/t12-,13+/m0/s1. The molecule has 4 rings (SSSR count). The van der Waals surface area contributed by atoms with Crippen molar-refractivity contribution in [2.24, 2.45) is 11.7 Å². The summed E-state index contributed by atoms with van der Waals surface area (Å²) in [7, 11) is 0. The van der Waals surface area contributed by atoms with Crippen LogP contribution in [-0.4, -0.2) is 30.8 Å². The fraction of sp³-hybridized carbons (Fsp3) is 0.556. The smallest absolute Gasteiger partial charge is 0.266 e. The number of rotatable bonds is 4. The van der Waals surface area contributed by atoms with Gasteiger partial charge in [-0.3, -0.25) is 0 Å². The molecule has 1 aliphatic carbocycles. The van der Waals surface area contributed by atoms with Crippen molar-refractivity contribution in [3.63, 3.8) is 0 Å². The first-order valence-corrected chi connectivity index (χ1v) is 9.00. The summed E-state index contributed by atoms with van der Waals surface area (Å²) < 4.78 is 7.69. The lowest BCUT2D eigenvalue weighted by molar-refractivity contribution is 0.317. The van der Waals surface area contributed by atoms with E-state index in [9.17, 15) is 0 Å². The van der Waals surface area contributed by atoms with Gasteiger partial charge in [0.05, 0.1) is 11.7 Å². The molecule has 0 bridgehead atoms. The molecule has 132 valence electrons. The molecule has 0 unspecified atom stereocenters. The lowest BCUT2D eigenvalue weighted by Gasteiger charge is -2.29. The topological polar surface area (TPSA) is 95.6 Å². The van der Waals surface area contributed by atoms with Crippen LogP contribution in [0.25, 0.3) is 22.6 Å². The zero-order valence-electron chi connectivity index (χ0n) is 14.7. The summed E-state index contributed by atoms with van der Waals surface area (Å²) >= 11 is 0. The van der Waals surface area contributed by atoms with E-state index in [0.717, 1.165) is 49.0 Å². The molecule has 2 atom stereocenters. The lowest BCUT2D eigenvalue weighted by atomic mass is 9.91. The van der Waals surface area contributed by atoms with Gasteiger partial charge in [0, 0.05) is 18.5 Å². The summed E-state index contributed by atoms with van der Waals surface area (Å²) in [5, 5.41) is 7.72. The normalized spacial score (nSPS) is 21.3. The van der Waals surface area contributed by atoms with E-state index in [-0.39, 0.29) is 6.04 Å². The highest BCUT2D eigenvalue weighted by atomic mass is 16.4. The van der Waals surface area contributed by atoms with Gasteiger partial charge in [-0.1, -0.05) is 13.8 Å². The van der Waals surface area contributed by atoms with Crippen LogP contribution in [0.2, 0.25) is 0 Å². The Hall–Kier alpha value is -2.28. The molecule has 7 nitrogen and oxygen atoms in total.